The van der Waals surface area contributed by atoms with E-state index < -0.39 is 11.6 Å². The highest BCUT2D eigenvalue weighted by Gasteiger charge is 2.18. The molecule has 2 heterocycles. The minimum absolute atomic E-state index is 0.0142. The molecule has 0 amide bonds. The zero-order valence-corrected chi connectivity index (χ0v) is 17.3. The van der Waals surface area contributed by atoms with Crippen LogP contribution in [0.25, 0.3) is 11.3 Å². The predicted molar refractivity (Wildman–Crippen MR) is 115 cm³/mol. The highest BCUT2D eigenvalue weighted by molar-refractivity contribution is 7.97. The molecule has 0 radical (unpaired) electrons. The fraction of sp³-hybridized carbons (Fsp3) is 0.273. The summed E-state index contributed by atoms with van der Waals surface area (Å²) in [6.07, 6.45) is 4.50. The molecular formula is C22H21F2N3O2S. The largest absolute Gasteiger partial charge is 0.494 e. The number of halogens is 2. The third-order valence-electron chi connectivity index (χ3n) is 4.55. The molecule has 156 valence electrons. The quantitative estimate of drug-likeness (QED) is 0.574. The molecule has 30 heavy (non-hydrogen) atoms. The van der Waals surface area contributed by atoms with E-state index in [1.54, 1.807) is 17.8 Å². The van der Waals surface area contributed by atoms with Crippen LogP contribution in [0.1, 0.15) is 18.4 Å². The summed E-state index contributed by atoms with van der Waals surface area (Å²) >= 11 is 1.70. The Kier molecular flexibility index (Phi) is 6.32. The second-order valence-electron chi connectivity index (χ2n) is 6.83. The lowest BCUT2D eigenvalue weighted by Gasteiger charge is -2.13. The SMILES string of the molecule is CSCc1cc2cc(c1)OCCCCOc1c(F)cccc1-c1nc(ncc1F)N2. The van der Waals surface area contributed by atoms with Crippen molar-refractivity contribution in [1.82, 2.24) is 9.97 Å². The van der Waals surface area contributed by atoms with Crippen molar-refractivity contribution >= 4 is 23.4 Å². The first kappa shape index (κ1) is 20.4. The van der Waals surface area contributed by atoms with Gasteiger partial charge in [-0.2, -0.15) is 11.8 Å². The van der Waals surface area contributed by atoms with E-state index in [1.165, 1.54) is 12.1 Å². The van der Waals surface area contributed by atoms with Crippen molar-refractivity contribution in [2.45, 2.75) is 18.6 Å². The summed E-state index contributed by atoms with van der Waals surface area (Å²) in [4.78, 5) is 8.35. The summed E-state index contributed by atoms with van der Waals surface area (Å²) in [6, 6.07) is 10.2. The fourth-order valence-electron chi connectivity index (χ4n) is 3.22. The monoisotopic (exact) mass is 429 g/mol. The topological polar surface area (TPSA) is 56.3 Å². The summed E-state index contributed by atoms with van der Waals surface area (Å²) < 4.78 is 40.6. The van der Waals surface area contributed by atoms with Crippen LogP contribution >= 0.6 is 11.8 Å². The second kappa shape index (κ2) is 9.30. The molecule has 0 fully saturated rings. The summed E-state index contributed by atoms with van der Waals surface area (Å²) in [5.41, 5.74) is 2.05. The molecule has 0 aliphatic carbocycles. The van der Waals surface area contributed by atoms with E-state index in [1.807, 2.05) is 24.5 Å². The first-order valence-electron chi connectivity index (χ1n) is 9.61. The third kappa shape index (κ3) is 4.64. The van der Waals surface area contributed by atoms with Crippen LogP contribution in [0, 0.1) is 11.6 Å². The van der Waals surface area contributed by atoms with Crippen LogP contribution in [-0.4, -0.2) is 29.4 Å². The molecule has 3 aromatic rings. The number of para-hydroxylation sites is 1. The number of benzene rings is 2. The number of fused-ring (bicyclic) bond motifs is 6. The van der Waals surface area contributed by atoms with Gasteiger partial charge >= 0.3 is 0 Å². The summed E-state index contributed by atoms with van der Waals surface area (Å²) in [5, 5.41) is 3.11. The number of nitrogens with one attached hydrogen (secondary N) is 1. The van der Waals surface area contributed by atoms with E-state index in [-0.39, 0.29) is 29.6 Å². The van der Waals surface area contributed by atoms with Gasteiger partial charge in [-0.25, -0.2) is 18.7 Å². The van der Waals surface area contributed by atoms with Gasteiger partial charge in [-0.15, -0.1) is 0 Å². The van der Waals surface area contributed by atoms with Gasteiger partial charge in [0.15, 0.2) is 17.4 Å². The Bertz CT molecular complexity index is 1050. The van der Waals surface area contributed by atoms with Crippen LogP contribution < -0.4 is 14.8 Å². The maximum Gasteiger partial charge on any atom is 0.227 e. The maximum atomic E-state index is 14.6. The predicted octanol–water partition coefficient (Wildman–Crippen LogP) is 5.58. The van der Waals surface area contributed by atoms with Gasteiger partial charge < -0.3 is 14.8 Å². The Morgan fingerprint density at radius 1 is 1.07 bits per heavy atom. The van der Waals surface area contributed by atoms with E-state index in [2.05, 4.69) is 15.3 Å². The Morgan fingerprint density at radius 2 is 1.90 bits per heavy atom. The first-order valence-corrected chi connectivity index (χ1v) is 11.0. The van der Waals surface area contributed by atoms with Crippen molar-refractivity contribution < 1.29 is 18.3 Å². The minimum Gasteiger partial charge on any atom is -0.494 e. The molecule has 1 aliphatic rings. The van der Waals surface area contributed by atoms with Crippen LogP contribution in [0.2, 0.25) is 0 Å². The summed E-state index contributed by atoms with van der Waals surface area (Å²) in [6.45, 7) is 0.793. The average molecular weight is 429 g/mol. The molecule has 0 spiro atoms. The van der Waals surface area contributed by atoms with Gasteiger partial charge in [0.1, 0.15) is 11.4 Å². The molecular weight excluding hydrogens is 408 g/mol. The van der Waals surface area contributed by atoms with Crippen molar-refractivity contribution in [3.8, 4) is 22.8 Å². The van der Waals surface area contributed by atoms with E-state index in [9.17, 15) is 8.78 Å². The van der Waals surface area contributed by atoms with Crippen molar-refractivity contribution in [1.29, 1.82) is 0 Å². The smallest absolute Gasteiger partial charge is 0.227 e. The van der Waals surface area contributed by atoms with E-state index in [0.717, 1.165) is 35.4 Å². The highest BCUT2D eigenvalue weighted by atomic mass is 32.2. The number of anilines is 2. The van der Waals surface area contributed by atoms with Gasteiger partial charge in [-0.05, 0) is 48.9 Å². The lowest BCUT2D eigenvalue weighted by Crippen LogP contribution is -2.05. The number of aromatic nitrogens is 2. The van der Waals surface area contributed by atoms with Gasteiger partial charge in [-0.3, -0.25) is 0 Å². The molecule has 1 aromatic heterocycles. The van der Waals surface area contributed by atoms with Gasteiger partial charge in [0.2, 0.25) is 5.95 Å². The number of ether oxygens (including phenoxy) is 2. The number of nitrogens with zero attached hydrogens (tertiary/aromatic N) is 2. The molecule has 8 heteroatoms. The van der Waals surface area contributed by atoms with Crippen LogP contribution in [0.4, 0.5) is 20.4 Å². The molecule has 2 aromatic carbocycles. The van der Waals surface area contributed by atoms with Crippen LogP contribution in [0.3, 0.4) is 0 Å². The van der Waals surface area contributed by atoms with Crippen LogP contribution in [0.5, 0.6) is 11.5 Å². The first-order chi connectivity index (χ1) is 14.6. The van der Waals surface area contributed by atoms with E-state index >= 15 is 0 Å². The zero-order chi connectivity index (χ0) is 20.9. The maximum absolute atomic E-state index is 14.6. The van der Waals surface area contributed by atoms with Crippen LogP contribution in [0.15, 0.2) is 42.6 Å². The summed E-state index contributed by atoms with van der Waals surface area (Å²) in [7, 11) is 0. The van der Waals surface area contributed by atoms with E-state index in [4.69, 9.17) is 9.47 Å². The Labute approximate surface area is 177 Å². The van der Waals surface area contributed by atoms with Gasteiger partial charge in [-0.1, -0.05) is 6.07 Å². The normalized spacial score (nSPS) is 13.7. The lowest BCUT2D eigenvalue weighted by molar-refractivity contribution is 0.260. The molecule has 0 atom stereocenters. The van der Waals surface area contributed by atoms with Crippen molar-refractivity contribution in [3.05, 3.63) is 59.8 Å². The third-order valence-corrected chi connectivity index (χ3v) is 5.18. The van der Waals surface area contributed by atoms with Crippen molar-refractivity contribution in [3.63, 3.8) is 0 Å². The lowest BCUT2D eigenvalue weighted by atomic mass is 10.1. The van der Waals surface area contributed by atoms with E-state index in [0.29, 0.717) is 13.0 Å². The number of hydrogen-bond donors (Lipinski definition) is 1. The fourth-order valence-corrected chi connectivity index (χ4v) is 3.72. The van der Waals surface area contributed by atoms with Crippen LogP contribution in [-0.2, 0) is 5.75 Å². The molecule has 0 saturated carbocycles. The second-order valence-corrected chi connectivity index (χ2v) is 7.70. The van der Waals surface area contributed by atoms with Gasteiger partial charge in [0, 0.05) is 23.1 Å². The Morgan fingerprint density at radius 3 is 2.73 bits per heavy atom. The van der Waals surface area contributed by atoms with Crippen molar-refractivity contribution in [2.24, 2.45) is 0 Å². The Hall–Kier alpha value is -2.87. The zero-order valence-electron chi connectivity index (χ0n) is 16.5. The van der Waals surface area contributed by atoms with Gasteiger partial charge in [0.25, 0.3) is 0 Å². The number of rotatable bonds is 2. The molecule has 0 saturated heterocycles. The molecule has 5 nitrogen and oxygen atoms in total. The molecule has 1 N–H and O–H groups in total. The minimum atomic E-state index is -0.652. The average Bonchev–Trinajstić information content (AvgIpc) is 2.73. The number of thioether (sulfide) groups is 1. The standard InChI is InChI=1S/C22H21F2N3O2S/c1-30-13-14-9-15-11-16(10-14)28-7-2-3-8-29-21-17(5-4-6-18(21)23)20-19(24)12-25-22(26-15)27-20/h4-6,9-12H,2-3,7-8,13H2,1H3,(H,25,26,27). The number of hydrogen-bond acceptors (Lipinski definition) is 6. The molecule has 1 aliphatic heterocycles. The Balaban J connectivity index is 1.79. The summed E-state index contributed by atoms with van der Waals surface area (Å²) in [5.74, 6) is 0.524. The molecule has 4 rings (SSSR count). The molecule has 4 bridgehead atoms. The highest BCUT2D eigenvalue weighted by Crippen LogP contribution is 2.34. The van der Waals surface area contributed by atoms with Crippen molar-refractivity contribution in [2.75, 3.05) is 24.8 Å². The van der Waals surface area contributed by atoms with Gasteiger partial charge in [0.05, 0.1) is 19.4 Å². The molecule has 0 unspecified atom stereocenters.